The van der Waals surface area contributed by atoms with Crippen LogP contribution in [0.4, 0.5) is 0 Å². The van der Waals surface area contributed by atoms with Crippen molar-refractivity contribution in [1.29, 1.82) is 0 Å². The van der Waals surface area contributed by atoms with E-state index in [2.05, 4.69) is 4.98 Å². The van der Waals surface area contributed by atoms with Crippen LogP contribution in [-0.4, -0.2) is 20.6 Å². The van der Waals surface area contributed by atoms with Crippen LogP contribution >= 0.6 is 11.6 Å². The van der Waals surface area contributed by atoms with E-state index in [0.29, 0.717) is 25.3 Å². The normalized spacial score (nSPS) is 24.2. The van der Waals surface area contributed by atoms with Gasteiger partial charge < -0.3 is 9.67 Å². The molecule has 0 amide bonds. The number of carboxylic acids is 1. The lowest BCUT2D eigenvalue weighted by atomic mass is 9.98. The first-order valence-corrected chi connectivity index (χ1v) is 6.02. The van der Waals surface area contributed by atoms with Crippen molar-refractivity contribution in [1.82, 2.24) is 9.55 Å². The second-order valence-electron chi connectivity index (χ2n) is 4.66. The Bertz CT molecular complexity index is 451. The molecule has 0 radical (unpaired) electrons. The summed E-state index contributed by atoms with van der Waals surface area (Å²) >= 11 is 6.26. The van der Waals surface area contributed by atoms with Gasteiger partial charge in [-0.15, -0.1) is 0 Å². The van der Waals surface area contributed by atoms with Gasteiger partial charge in [0, 0.05) is 18.9 Å². The minimum atomic E-state index is -0.724. The van der Waals surface area contributed by atoms with Gasteiger partial charge in [0.1, 0.15) is 11.0 Å². The van der Waals surface area contributed by atoms with Gasteiger partial charge in [0.15, 0.2) is 0 Å². The number of imidazole rings is 1. The molecule has 5 heteroatoms. The van der Waals surface area contributed by atoms with Crippen molar-refractivity contribution >= 4 is 17.6 Å². The first-order valence-electron chi connectivity index (χ1n) is 5.64. The topological polar surface area (TPSA) is 55.1 Å². The van der Waals surface area contributed by atoms with Crippen LogP contribution in [0.25, 0.3) is 0 Å². The maximum absolute atomic E-state index is 10.9. The summed E-state index contributed by atoms with van der Waals surface area (Å²) in [6.07, 6.45) is 3.50. The number of nitrogens with zero attached hydrogens (tertiary/aromatic N) is 2. The van der Waals surface area contributed by atoms with Crippen molar-refractivity contribution in [3.8, 4) is 0 Å². The summed E-state index contributed by atoms with van der Waals surface area (Å²) < 4.78 is 1.98. The Hall–Kier alpha value is -1.03. The van der Waals surface area contributed by atoms with Crippen molar-refractivity contribution in [3.05, 3.63) is 16.7 Å². The predicted octanol–water partition coefficient (Wildman–Crippen LogP) is 2.06. The van der Waals surface area contributed by atoms with Gasteiger partial charge in [-0.1, -0.05) is 11.6 Å². The minimum Gasteiger partial charge on any atom is -0.481 e. The van der Waals surface area contributed by atoms with Crippen molar-refractivity contribution in [2.24, 2.45) is 5.92 Å². The molecule has 1 aliphatic heterocycles. The molecule has 0 spiro atoms. The van der Waals surface area contributed by atoms with Gasteiger partial charge in [-0.2, -0.15) is 0 Å². The molecule has 86 valence electrons. The Morgan fingerprint density at radius 3 is 2.81 bits per heavy atom. The SMILES string of the molecule is O=C(O)C1CCn2c(nc(C3CC3)c2Cl)C1. The highest BCUT2D eigenvalue weighted by atomic mass is 35.5. The standard InChI is InChI=1S/C11H13ClN2O2/c12-10-9(6-1-2-6)13-8-5-7(11(15)16)3-4-14(8)10/h6-7H,1-5H2,(H,15,16). The molecule has 0 aromatic carbocycles. The van der Waals surface area contributed by atoms with Crippen LogP contribution in [0, 0.1) is 5.92 Å². The predicted molar refractivity (Wildman–Crippen MR) is 58.7 cm³/mol. The fourth-order valence-corrected chi connectivity index (χ4v) is 2.69. The zero-order valence-corrected chi connectivity index (χ0v) is 9.57. The second-order valence-corrected chi connectivity index (χ2v) is 5.02. The fraction of sp³-hybridized carbons (Fsp3) is 0.636. The third-order valence-corrected chi connectivity index (χ3v) is 3.85. The summed E-state index contributed by atoms with van der Waals surface area (Å²) in [5.74, 6) is 0.357. The molecule has 4 nitrogen and oxygen atoms in total. The maximum atomic E-state index is 10.9. The Kier molecular flexibility index (Phi) is 2.21. The van der Waals surface area contributed by atoms with Crippen molar-refractivity contribution < 1.29 is 9.90 Å². The summed E-state index contributed by atoms with van der Waals surface area (Å²) in [4.78, 5) is 15.4. The molecule has 16 heavy (non-hydrogen) atoms. The highest BCUT2D eigenvalue weighted by Crippen LogP contribution is 2.43. The van der Waals surface area contributed by atoms with Crippen molar-refractivity contribution in [2.45, 2.75) is 38.1 Å². The Labute approximate surface area is 98.2 Å². The highest BCUT2D eigenvalue weighted by molar-refractivity contribution is 6.30. The molecule has 2 aliphatic rings. The Morgan fingerprint density at radius 1 is 1.44 bits per heavy atom. The summed E-state index contributed by atoms with van der Waals surface area (Å²) in [6, 6.07) is 0. The molecule has 2 heterocycles. The van der Waals surface area contributed by atoms with E-state index in [0.717, 1.165) is 16.7 Å². The molecule has 1 aromatic heterocycles. The molecule has 1 N–H and O–H groups in total. The van der Waals surface area contributed by atoms with Crippen molar-refractivity contribution in [2.75, 3.05) is 0 Å². The average Bonchev–Trinajstić information content (AvgIpc) is 3.04. The number of aromatic nitrogens is 2. The van der Waals surface area contributed by atoms with E-state index in [1.807, 2.05) is 4.57 Å². The summed E-state index contributed by atoms with van der Waals surface area (Å²) in [5, 5.41) is 9.73. The molecular weight excluding hydrogens is 228 g/mol. The number of carbonyl (C=O) groups is 1. The largest absolute Gasteiger partial charge is 0.481 e. The zero-order valence-electron chi connectivity index (χ0n) is 8.82. The quantitative estimate of drug-likeness (QED) is 0.861. The molecule has 1 fully saturated rings. The zero-order chi connectivity index (χ0) is 11.3. The van der Waals surface area contributed by atoms with Gasteiger partial charge in [-0.25, -0.2) is 4.98 Å². The number of hydrogen-bond acceptors (Lipinski definition) is 2. The molecule has 1 unspecified atom stereocenters. The van der Waals surface area contributed by atoms with Gasteiger partial charge in [-0.3, -0.25) is 4.79 Å². The molecule has 1 aromatic rings. The minimum absolute atomic E-state index is 0.294. The van der Waals surface area contributed by atoms with Crippen LogP contribution < -0.4 is 0 Å². The Balaban J connectivity index is 1.93. The lowest BCUT2D eigenvalue weighted by Gasteiger charge is -2.20. The van der Waals surface area contributed by atoms with Crippen molar-refractivity contribution in [3.63, 3.8) is 0 Å². The summed E-state index contributed by atoms with van der Waals surface area (Å²) in [6.45, 7) is 0.685. The average molecular weight is 241 g/mol. The van der Waals surface area contributed by atoms with Crippen LogP contribution in [-0.2, 0) is 17.8 Å². The number of carboxylic acid groups (broad SMARTS) is 1. The first kappa shape index (κ1) is 10.1. The van der Waals surface area contributed by atoms with Crippen LogP contribution in [0.1, 0.15) is 36.7 Å². The third-order valence-electron chi connectivity index (χ3n) is 3.45. The Morgan fingerprint density at radius 2 is 2.19 bits per heavy atom. The summed E-state index contributed by atoms with van der Waals surface area (Å²) in [5.41, 5.74) is 0.989. The van der Waals surface area contributed by atoms with E-state index in [9.17, 15) is 4.79 Å². The number of rotatable bonds is 2. The number of hydrogen-bond donors (Lipinski definition) is 1. The molecule has 0 saturated heterocycles. The monoisotopic (exact) mass is 240 g/mol. The molecular formula is C11H13ClN2O2. The van der Waals surface area contributed by atoms with Gasteiger partial charge >= 0.3 is 5.97 Å². The van der Waals surface area contributed by atoms with Crippen LogP contribution in [0.2, 0.25) is 5.15 Å². The van der Waals surface area contributed by atoms with E-state index >= 15 is 0 Å². The van der Waals surface area contributed by atoms with Crippen LogP contribution in [0.3, 0.4) is 0 Å². The van der Waals surface area contributed by atoms with Gasteiger partial charge in [0.25, 0.3) is 0 Å². The fourth-order valence-electron chi connectivity index (χ4n) is 2.31. The van der Waals surface area contributed by atoms with Gasteiger partial charge in [0.05, 0.1) is 11.6 Å². The lowest BCUT2D eigenvalue weighted by Crippen LogP contribution is -2.25. The molecule has 0 bridgehead atoms. The molecule has 3 rings (SSSR count). The molecule has 1 saturated carbocycles. The smallest absolute Gasteiger partial charge is 0.307 e. The van der Waals surface area contributed by atoms with E-state index in [1.54, 1.807) is 0 Å². The first-order chi connectivity index (χ1) is 7.66. The van der Waals surface area contributed by atoms with Crippen LogP contribution in [0.15, 0.2) is 0 Å². The highest BCUT2D eigenvalue weighted by Gasteiger charge is 2.34. The number of halogens is 1. The third kappa shape index (κ3) is 1.52. The summed E-state index contributed by atoms with van der Waals surface area (Å²) in [7, 11) is 0. The maximum Gasteiger partial charge on any atom is 0.307 e. The van der Waals surface area contributed by atoms with Gasteiger partial charge in [0.2, 0.25) is 0 Å². The van der Waals surface area contributed by atoms with E-state index in [1.165, 1.54) is 12.8 Å². The van der Waals surface area contributed by atoms with Crippen LogP contribution in [0.5, 0.6) is 0 Å². The van der Waals surface area contributed by atoms with E-state index < -0.39 is 5.97 Å². The number of aliphatic carboxylic acids is 1. The van der Waals surface area contributed by atoms with Gasteiger partial charge in [-0.05, 0) is 19.3 Å². The number of fused-ring (bicyclic) bond motifs is 1. The van der Waals surface area contributed by atoms with E-state index in [4.69, 9.17) is 16.7 Å². The van der Waals surface area contributed by atoms with E-state index in [-0.39, 0.29) is 5.92 Å². The second kappa shape index (κ2) is 3.48. The lowest BCUT2D eigenvalue weighted by molar-refractivity contribution is -0.142. The molecule has 1 aliphatic carbocycles. The molecule has 1 atom stereocenters.